The van der Waals surface area contributed by atoms with E-state index in [2.05, 4.69) is 28.3 Å². The third kappa shape index (κ3) is 3.83. The molecule has 0 radical (unpaired) electrons. The van der Waals surface area contributed by atoms with Gasteiger partial charge in [0.25, 0.3) is 0 Å². The second kappa shape index (κ2) is 6.16. The largest absolute Gasteiger partial charge is 0.366 e. The molecule has 1 heterocycles. The molecule has 0 saturated heterocycles. The minimum atomic E-state index is -0.364. The van der Waals surface area contributed by atoms with E-state index < -0.39 is 0 Å². The summed E-state index contributed by atoms with van der Waals surface area (Å²) in [7, 11) is 0. The first-order valence-corrected chi connectivity index (χ1v) is 7.65. The summed E-state index contributed by atoms with van der Waals surface area (Å²) >= 11 is 1.46. The monoisotopic (exact) mass is 314 g/mol. The maximum Gasteiger partial charge on any atom is 0.189 e. The second-order valence-electron chi connectivity index (χ2n) is 5.71. The maximum absolute atomic E-state index is 11.4. The molecule has 114 valence electrons. The van der Waals surface area contributed by atoms with Gasteiger partial charge in [0.15, 0.2) is 10.9 Å². The Morgan fingerprint density at radius 3 is 2.86 bits per heavy atom. The zero-order valence-corrected chi connectivity index (χ0v) is 13.7. The Morgan fingerprint density at radius 1 is 1.50 bits per heavy atom. The molecular weight excluding hydrogens is 296 g/mol. The molecule has 2 rings (SSSR count). The van der Waals surface area contributed by atoms with E-state index in [1.807, 2.05) is 26.0 Å². The number of ketones is 1. The minimum Gasteiger partial charge on any atom is -0.366 e. The van der Waals surface area contributed by atoms with E-state index in [1.165, 1.54) is 11.3 Å². The predicted octanol–water partition coefficient (Wildman–Crippen LogP) is 3.66. The van der Waals surface area contributed by atoms with Gasteiger partial charge >= 0.3 is 0 Å². The van der Waals surface area contributed by atoms with Crippen LogP contribution in [0.1, 0.15) is 37.6 Å². The Balaban J connectivity index is 2.13. The molecule has 1 aromatic heterocycles. The Hall–Kier alpha value is -2.39. The van der Waals surface area contributed by atoms with Crippen molar-refractivity contribution in [3.8, 4) is 6.07 Å². The Bertz CT molecular complexity index is 770. The van der Waals surface area contributed by atoms with Crippen molar-refractivity contribution in [3.05, 3.63) is 36.2 Å². The van der Waals surface area contributed by atoms with Gasteiger partial charge in [0.1, 0.15) is 0 Å². The predicted molar refractivity (Wildman–Crippen MR) is 89.8 cm³/mol. The number of nitrogens with zero attached hydrogens (tertiary/aromatic N) is 2. The lowest BCUT2D eigenvalue weighted by Gasteiger charge is -2.25. The first kappa shape index (κ1) is 16.0. The van der Waals surface area contributed by atoms with Gasteiger partial charge in [-0.25, -0.2) is 4.98 Å². The topological polar surface area (TPSA) is 77.8 Å². The van der Waals surface area contributed by atoms with Gasteiger partial charge in [0.05, 0.1) is 28.5 Å². The van der Waals surface area contributed by atoms with Gasteiger partial charge in [-0.1, -0.05) is 17.9 Å². The van der Waals surface area contributed by atoms with Crippen LogP contribution in [0.2, 0.25) is 0 Å². The van der Waals surface area contributed by atoms with Gasteiger partial charge in [-0.05, 0) is 39.0 Å². The number of carbonyl (C=O) groups excluding carboxylic acids is 1. The highest BCUT2D eigenvalue weighted by atomic mass is 32.1. The van der Waals surface area contributed by atoms with E-state index in [0.29, 0.717) is 22.9 Å². The second-order valence-corrected chi connectivity index (χ2v) is 6.74. The van der Waals surface area contributed by atoms with Crippen LogP contribution in [0.3, 0.4) is 0 Å². The number of anilines is 1. The van der Waals surface area contributed by atoms with Crippen molar-refractivity contribution in [1.82, 2.24) is 10.3 Å². The Morgan fingerprint density at radius 2 is 2.23 bits per heavy atom. The quantitative estimate of drug-likeness (QED) is 0.796. The molecule has 0 aliphatic rings. The third-order valence-electron chi connectivity index (χ3n) is 3.06. The zero-order valence-electron chi connectivity index (χ0n) is 12.9. The highest BCUT2D eigenvalue weighted by molar-refractivity contribution is 7.22. The summed E-state index contributed by atoms with van der Waals surface area (Å²) in [5.41, 5.74) is 1.15. The van der Waals surface area contributed by atoms with Crippen LogP contribution in [0, 0.1) is 11.3 Å². The van der Waals surface area contributed by atoms with Crippen molar-refractivity contribution < 1.29 is 4.79 Å². The van der Waals surface area contributed by atoms with E-state index in [1.54, 1.807) is 13.0 Å². The number of nitriles is 1. The van der Waals surface area contributed by atoms with Crippen LogP contribution in [-0.4, -0.2) is 16.3 Å². The van der Waals surface area contributed by atoms with Crippen molar-refractivity contribution in [2.45, 2.75) is 32.7 Å². The van der Waals surface area contributed by atoms with Gasteiger partial charge < -0.3 is 10.6 Å². The molecule has 1 aromatic carbocycles. The van der Waals surface area contributed by atoms with Crippen LogP contribution in [0.15, 0.2) is 30.6 Å². The maximum atomic E-state index is 11.4. The number of aromatic nitrogens is 1. The number of nitrogens with one attached hydrogen (secondary N) is 2. The lowest BCUT2D eigenvalue weighted by molar-refractivity contribution is 0.101. The highest BCUT2D eigenvalue weighted by Gasteiger charge is 2.17. The molecule has 6 heteroatoms. The average Bonchev–Trinajstić information content (AvgIpc) is 2.78. The molecule has 0 atom stereocenters. The van der Waals surface area contributed by atoms with Crippen LogP contribution in [0.4, 0.5) is 5.13 Å². The molecule has 22 heavy (non-hydrogen) atoms. The zero-order chi connectivity index (χ0) is 16.3. The summed E-state index contributed by atoms with van der Waals surface area (Å²) in [5.74, 6) is 0.625. The standard InChI is InChI=1S/C16H18N4OS/c1-10(21)12-5-6-13-14(9-12)22-15(19-13)18-11(2)20-16(3,4)7-8-17/h5-6,9,20H,2,7H2,1,3-4H3,(H,18,19). The van der Waals surface area contributed by atoms with Crippen molar-refractivity contribution in [3.63, 3.8) is 0 Å². The van der Waals surface area contributed by atoms with E-state index in [4.69, 9.17) is 5.26 Å². The van der Waals surface area contributed by atoms with Crippen LogP contribution in [0.25, 0.3) is 10.2 Å². The number of Topliss-reactive ketones (excluding diaryl/α,β-unsaturated/α-hetero) is 1. The molecule has 0 aliphatic carbocycles. The summed E-state index contributed by atoms with van der Waals surface area (Å²) < 4.78 is 0.944. The number of rotatable bonds is 6. The smallest absolute Gasteiger partial charge is 0.189 e. The highest BCUT2D eigenvalue weighted by Crippen LogP contribution is 2.27. The first-order chi connectivity index (χ1) is 10.3. The number of thiazole rings is 1. The van der Waals surface area contributed by atoms with E-state index in [9.17, 15) is 4.79 Å². The fraction of sp³-hybridized carbons (Fsp3) is 0.312. The van der Waals surface area contributed by atoms with Crippen LogP contribution >= 0.6 is 11.3 Å². The number of benzene rings is 1. The lowest BCUT2D eigenvalue weighted by Crippen LogP contribution is -2.39. The number of carbonyl (C=O) groups is 1. The summed E-state index contributed by atoms with van der Waals surface area (Å²) in [6, 6.07) is 7.59. The number of fused-ring (bicyclic) bond motifs is 1. The fourth-order valence-electron chi connectivity index (χ4n) is 2.01. The fourth-order valence-corrected chi connectivity index (χ4v) is 2.94. The van der Waals surface area contributed by atoms with Crippen LogP contribution < -0.4 is 10.6 Å². The Kier molecular flexibility index (Phi) is 4.48. The molecule has 5 nitrogen and oxygen atoms in total. The number of hydrogen-bond donors (Lipinski definition) is 2. The summed E-state index contributed by atoms with van der Waals surface area (Å²) in [6.45, 7) is 9.32. The van der Waals surface area contributed by atoms with Crippen molar-refractivity contribution in [2.75, 3.05) is 5.32 Å². The van der Waals surface area contributed by atoms with Gasteiger partial charge in [0.2, 0.25) is 0 Å². The van der Waals surface area contributed by atoms with Crippen LogP contribution in [0.5, 0.6) is 0 Å². The van der Waals surface area contributed by atoms with E-state index >= 15 is 0 Å². The summed E-state index contributed by atoms with van der Waals surface area (Å²) in [4.78, 5) is 15.9. The molecule has 0 aliphatic heterocycles. The lowest BCUT2D eigenvalue weighted by atomic mass is 10.0. The Labute approximate surface area is 133 Å². The first-order valence-electron chi connectivity index (χ1n) is 6.83. The SMILES string of the molecule is C=C(Nc1nc2ccc(C(C)=O)cc2s1)NC(C)(C)CC#N. The van der Waals surface area contributed by atoms with E-state index in [0.717, 1.165) is 10.2 Å². The summed E-state index contributed by atoms with van der Waals surface area (Å²) in [5, 5.41) is 15.8. The summed E-state index contributed by atoms with van der Waals surface area (Å²) in [6.07, 6.45) is 0.371. The van der Waals surface area contributed by atoms with E-state index in [-0.39, 0.29) is 11.3 Å². The average molecular weight is 314 g/mol. The van der Waals surface area contributed by atoms with Crippen LogP contribution in [-0.2, 0) is 0 Å². The number of hydrogen-bond acceptors (Lipinski definition) is 6. The molecule has 2 aromatic rings. The van der Waals surface area contributed by atoms with Crippen molar-refractivity contribution in [1.29, 1.82) is 5.26 Å². The molecule has 0 saturated carbocycles. The van der Waals surface area contributed by atoms with Gasteiger partial charge in [-0.2, -0.15) is 5.26 Å². The molecule has 0 amide bonds. The normalized spacial score (nSPS) is 11.0. The molecule has 0 fully saturated rings. The van der Waals surface area contributed by atoms with Gasteiger partial charge in [0, 0.05) is 11.1 Å². The molecule has 0 spiro atoms. The molecule has 0 unspecified atom stereocenters. The third-order valence-corrected chi connectivity index (χ3v) is 4.00. The van der Waals surface area contributed by atoms with Gasteiger partial charge in [-0.15, -0.1) is 0 Å². The molecule has 0 bridgehead atoms. The van der Waals surface area contributed by atoms with Gasteiger partial charge in [-0.3, -0.25) is 4.79 Å². The molecular formula is C16H18N4OS. The van der Waals surface area contributed by atoms with Crippen molar-refractivity contribution >= 4 is 32.5 Å². The minimum absolute atomic E-state index is 0.0362. The van der Waals surface area contributed by atoms with Crippen molar-refractivity contribution in [2.24, 2.45) is 0 Å². The molecule has 2 N–H and O–H groups in total.